The fraction of sp³-hybridized carbons (Fsp3) is 0.467. The van der Waals surface area contributed by atoms with Gasteiger partial charge in [0, 0.05) is 6.54 Å². The third-order valence-electron chi connectivity index (χ3n) is 3.80. The number of aliphatic hydroxyl groups is 1. The maximum atomic E-state index is 13.5. The van der Waals surface area contributed by atoms with Crippen LogP contribution in [0.2, 0.25) is 0 Å². The summed E-state index contributed by atoms with van der Waals surface area (Å²) in [4.78, 5) is 19.0. The molecule has 0 saturated heterocycles. The van der Waals surface area contributed by atoms with E-state index in [9.17, 15) is 14.3 Å². The maximum absolute atomic E-state index is 13.5. The first-order valence-corrected chi connectivity index (χ1v) is 7.15. The van der Waals surface area contributed by atoms with Gasteiger partial charge >= 0.3 is 0 Å². The zero-order valence-electron chi connectivity index (χ0n) is 12.2. The first kappa shape index (κ1) is 15.4. The number of nitrogens with zero attached hydrogens (tertiary/aromatic N) is 1. The number of aromatic amines is 1. The zero-order valence-corrected chi connectivity index (χ0v) is 12.2. The van der Waals surface area contributed by atoms with Crippen molar-refractivity contribution in [2.75, 3.05) is 6.54 Å². The number of carbonyl (C=O) groups is 1. The van der Waals surface area contributed by atoms with E-state index in [-0.39, 0.29) is 18.0 Å². The van der Waals surface area contributed by atoms with Crippen LogP contribution in [0.3, 0.4) is 0 Å². The summed E-state index contributed by atoms with van der Waals surface area (Å²) in [5.41, 5.74) is 1.06. The molecule has 0 aliphatic rings. The van der Waals surface area contributed by atoms with Gasteiger partial charge in [-0.15, -0.1) is 0 Å². The van der Waals surface area contributed by atoms with Gasteiger partial charge in [0.05, 0.1) is 23.5 Å². The highest BCUT2D eigenvalue weighted by molar-refractivity contribution is 6.04. The van der Waals surface area contributed by atoms with Crippen LogP contribution in [0.4, 0.5) is 4.39 Å². The number of H-pyrrole nitrogens is 1. The molecule has 0 aliphatic heterocycles. The van der Waals surface area contributed by atoms with Gasteiger partial charge in [-0.3, -0.25) is 4.79 Å². The smallest absolute Gasteiger partial charge is 0.253 e. The van der Waals surface area contributed by atoms with Crippen LogP contribution in [-0.2, 0) is 0 Å². The van der Waals surface area contributed by atoms with Crippen LogP contribution in [0.25, 0.3) is 11.0 Å². The molecule has 1 heterocycles. The quantitative estimate of drug-likeness (QED) is 0.764. The second-order valence-electron chi connectivity index (χ2n) is 5.11. The zero-order chi connectivity index (χ0) is 15.4. The van der Waals surface area contributed by atoms with E-state index < -0.39 is 17.8 Å². The predicted molar refractivity (Wildman–Crippen MR) is 78.5 cm³/mol. The Balaban J connectivity index is 2.10. The fourth-order valence-corrected chi connectivity index (χ4v) is 2.48. The number of imidazole rings is 1. The van der Waals surface area contributed by atoms with Gasteiger partial charge in [0.25, 0.3) is 5.91 Å². The third kappa shape index (κ3) is 3.39. The minimum absolute atomic E-state index is 0.142. The van der Waals surface area contributed by atoms with Crippen LogP contribution < -0.4 is 5.32 Å². The molecule has 21 heavy (non-hydrogen) atoms. The summed E-state index contributed by atoms with van der Waals surface area (Å²) in [6.07, 6.45) is 2.50. The topological polar surface area (TPSA) is 78.0 Å². The summed E-state index contributed by atoms with van der Waals surface area (Å²) < 4.78 is 13.5. The van der Waals surface area contributed by atoms with E-state index in [4.69, 9.17) is 0 Å². The second-order valence-corrected chi connectivity index (χ2v) is 5.11. The van der Waals surface area contributed by atoms with Crippen molar-refractivity contribution in [3.63, 3.8) is 0 Å². The molecule has 2 rings (SSSR count). The normalized spacial score (nSPS) is 12.8. The highest BCUT2D eigenvalue weighted by Crippen LogP contribution is 2.17. The van der Waals surface area contributed by atoms with Crippen molar-refractivity contribution in [2.24, 2.45) is 5.92 Å². The highest BCUT2D eigenvalue weighted by Gasteiger charge is 2.18. The van der Waals surface area contributed by atoms with Gasteiger partial charge in [0.1, 0.15) is 11.3 Å². The Hall–Kier alpha value is -1.95. The molecule has 3 N–H and O–H groups in total. The van der Waals surface area contributed by atoms with Gasteiger partial charge in [0.2, 0.25) is 0 Å². The van der Waals surface area contributed by atoms with E-state index >= 15 is 0 Å². The number of aromatic nitrogens is 2. The van der Waals surface area contributed by atoms with Gasteiger partial charge in [0.15, 0.2) is 0 Å². The summed E-state index contributed by atoms with van der Waals surface area (Å²) in [6.45, 7) is 4.14. The van der Waals surface area contributed by atoms with Crippen LogP contribution in [0.1, 0.15) is 37.0 Å². The van der Waals surface area contributed by atoms with Crippen LogP contribution in [-0.4, -0.2) is 33.6 Å². The van der Waals surface area contributed by atoms with Crippen LogP contribution >= 0.6 is 0 Å². The van der Waals surface area contributed by atoms with Gasteiger partial charge in [-0.1, -0.05) is 26.7 Å². The maximum Gasteiger partial charge on any atom is 0.253 e. The van der Waals surface area contributed by atoms with Gasteiger partial charge in [-0.2, -0.15) is 0 Å². The monoisotopic (exact) mass is 293 g/mol. The lowest BCUT2D eigenvalue weighted by atomic mass is 9.96. The fourth-order valence-electron chi connectivity index (χ4n) is 2.48. The number of benzene rings is 1. The number of amides is 1. The van der Waals surface area contributed by atoms with Crippen LogP contribution in [0.5, 0.6) is 0 Å². The van der Waals surface area contributed by atoms with Gasteiger partial charge in [-0.25, -0.2) is 9.37 Å². The number of carbonyl (C=O) groups excluding carboxylic acids is 1. The third-order valence-corrected chi connectivity index (χ3v) is 3.80. The molecule has 1 unspecified atom stereocenters. The molecule has 6 heteroatoms. The first-order valence-electron chi connectivity index (χ1n) is 7.15. The number of nitrogens with one attached hydrogen (secondary N) is 2. The van der Waals surface area contributed by atoms with Crippen LogP contribution in [0, 0.1) is 11.7 Å². The SMILES string of the molecule is CCC(CC)C(O)CNC(=O)c1cc(F)cc2[nH]cnc12. The van der Waals surface area contributed by atoms with Gasteiger partial charge < -0.3 is 15.4 Å². The lowest BCUT2D eigenvalue weighted by molar-refractivity contribution is 0.0817. The number of rotatable bonds is 6. The first-order chi connectivity index (χ1) is 10.1. The van der Waals surface area contributed by atoms with Crippen molar-refractivity contribution in [1.29, 1.82) is 0 Å². The number of fused-ring (bicyclic) bond motifs is 1. The van der Waals surface area contributed by atoms with Crippen molar-refractivity contribution in [1.82, 2.24) is 15.3 Å². The van der Waals surface area contributed by atoms with E-state index in [1.807, 2.05) is 13.8 Å². The Morgan fingerprint density at radius 2 is 2.14 bits per heavy atom. The average Bonchev–Trinajstić information content (AvgIpc) is 2.93. The molecule has 1 amide bonds. The van der Waals surface area contributed by atoms with E-state index in [0.29, 0.717) is 11.0 Å². The molecule has 0 spiro atoms. The largest absolute Gasteiger partial charge is 0.391 e. The standard InChI is InChI=1S/C15H20FN3O2/c1-3-9(4-2)13(20)7-17-15(21)11-5-10(16)6-12-14(11)19-8-18-12/h5-6,8-9,13,20H,3-4,7H2,1-2H3,(H,17,21)(H,18,19). The van der Waals surface area contributed by atoms with Crippen molar-refractivity contribution in [3.8, 4) is 0 Å². The molecule has 0 fully saturated rings. The van der Waals surface area contributed by atoms with E-state index in [1.165, 1.54) is 12.4 Å². The summed E-state index contributed by atoms with van der Waals surface area (Å²) in [6, 6.07) is 2.44. The molecule has 1 aromatic carbocycles. The molecule has 0 saturated carbocycles. The molecule has 1 atom stereocenters. The Bertz CT molecular complexity index is 622. The molecule has 1 aromatic heterocycles. The van der Waals surface area contributed by atoms with Crippen molar-refractivity contribution >= 4 is 16.9 Å². The predicted octanol–water partition coefficient (Wildman–Crippen LogP) is 2.23. The molecular weight excluding hydrogens is 273 g/mol. The summed E-state index contributed by atoms with van der Waals surface area (Å²) in [5.74, 6) is -0.794. The molecule has 114 valence electrons. The lowest BCUT2D eigenvalue weighted by Crippen LogP contribution is -2.36. The van der Waals surface area contributed by atoms with Crippen molar-refractivity contribution in [3.05, 3.63) is 29.8 Å². The molecule has 0 aliphatic carbocycles. The second kappa shape index (κ2) is 6.67. The average molecular weight is 293 g/mol. The molecule has 0 bridgehead atoms. The summed E-state index contributed by atoms with van der Waals surface area (Å²) in [7, 11) is 0. The van der Waals surface area contributed by atoms with Gasteiger partial charge in [-0.05, 0) is 18.1 Å². The minimum Gasteiger partial charge on any atom is -0.391 e. The lowest BCUT2D eigenvalue weighted by Gasteiger charge is -2.20. The van der Waals surface area contributed by atoms with E-state index in [1.54, 1.807) is 0 Å². The Kier molecular flexibility index (Phi) is 4.90. The number of hydrogen-bond donors (Lipinski definition) is 3. The Labute approximate surface area is 122 Å². The number of aliphatic hydroxyl groups excluding tert-OH is 1. The van der Waals surface area contributed by atoms with Crippen molar-refractivity contribution in [2.45, 2.75) is 32.8 Å². The Morgan fingerprint density at radius 1 is 1.43 bits per heavy atom. The van der Waals surface area contributed by atoms with Crippen LogP contribution in [0.15, 0.2) is 18.5 Å². The summed E-state index contributed by atoms with van der Waals surface area (Å²) in [5, 5.41) is 12.7. The van der Waals surface area contributed by atoms with E-state index in [2.05, 4.69) is 15.3 Å². The molecule has 5 nitrogen and oxygen atoms in total. The minimum atomic E-state index is -0.604. The van der Waals surface area contributed by atoms with E-state index in [0.717, 1.165) is 18.9 Å². The van der Waals surface area contributed by atoms with Crippen molar-refractivity contribution < 1.29 is 14.3 Å². The molecule has 0 radical (unpaired) electrons. The number of hydrogen-bond acceptors (Lipinski definition) is 3. The molecule has 2 aromatic rings. The number of halogens is 1. The Morgan fingerprint density at radius 3 is 2.81 bits per heavy atom. The highest BCUT2D eigenvalue weighted by atomic mass is 19.1. The molecular formula is C15H20FN3O2. The summed E-state index contributed by atoms with van der Waals surface area (Å²) >= 11 is 0.